The molecule has 2 saturated heterocycles. The van der Waals surface area contributed by atoms with E-state index in [1.807, 2.05) is 0 Å². The molecule has 0 atom stereocenters. The maximum Gasteiger partial charge on any atom is 0.415 e. The van der Waals surface area contributed by atoms with Crippen LogP contribution in [0.3, 0.4) is 0 Å². The molecule has 10 heteroatoms. The zero-order valence-corrected chi connectivity index (χ0v) is 19.3. The predicted molar refractivity (Wildman–Crippen MR) is 125 cm³/mol. The molecule has 1 aromatic heterocycles. The monoisotopic (exact) mass is 467 g/mol. The van der Waals surface area contributed by atoms with Crippen molar-refractivity contribution in [3.8, 4) is 11.5 Å². The van der Waals surface area contributed by atoms with E-state index in [9.17, 15) is 14.3 Å². The third kappa shape index (κ3) is 3.73. The number of rotatable bonds is 4. The average Bonchev–Trinajstić information content (AvgIpc) is 3.16. The number of ether oxygens (including phenoxy) is 2. The highest BCUT2D eigenvalue weighted by atomic mass is 19.1. The number of nitrogens with one attached hydrogen (secondary N) is 1. The summed E-state index contributed by atoms with van der Waals surface area (Å²) in [6.45, 7) is 3.63. The number of phenols is 1. The van der Waals surface area contributed by atoms with Gasteiger partial charge in [0.25, 0.3) is 0 Å². The summed E-state index contributed by atoms with van der Waals surface area (Å²) in [7, 11) is 3.59. The third-order valence-electron chi connectivity index (χ3n) is 6.71. The Kier molecular flexibility index (Phi) is 5.40. The van der Waals surface area contributed by atoms with Crippen molar-refractivity contribution in [2.75, 3.05) is 44.0 Å². The maximum atomic E-state index is 14.7. The second-order valence-corrected chi connectivity index (χ2v) is 8.90. The number of fused-ring (bicyclic) bond motifs is 1. The molecule has 0 saturated carbocycles. The second kappa shape index (κ2) is 8.28. The van der Waals surface area contributed by atoms with Crippen LogP contribution in [0, 0.1) is 12.7 Å². The lowest BCUT2D eigenvalue weighted by Gasteiger charge is -2.35. The summed E-state index contributed by atoms with van der Waals surface area (Å²) in [5, 5.41) is 13.3. The van der Waals surface area contributed by atoms with Gasteiger partial charge in [0.1, 0.15) is 29.2 Å². The smallest absolute Gasteiger partial charge is 0.415 e. The Balaban J connectivity index is 1.55. The Morgan fingerprint density at radius 3 is 2.74 bits per heavy atom. The molecule has 0 unspecified atom stereocenters. The number of carbonyl (C=O) groups excluding carboxylic acids is 1. The number of carbonyl (C=O) groups is 1. The molecule has 2 N–H and O–H groups in total. The SMILES string of the molecule is COc1cc2ncnc(Nc3ccc(O)c(C)c3F)c2cc1N1CC2(CCN(C)CC2)OC1=O. The van der Waals surface area contributed by atoms with E-state index in [0.717, 1.165) is 25.9 Å². The van der Waals surface area contributed by atoms with Gasteiger partial charge in [-0.15, -0.1) is 0 Å². The van der Waals surface area contributed by atoms with Gasteiger partial charge in [0.15, 0.2) is 5.82 Å². The topological polar surface area (TPSA) is 100 Å². The normalized spacial score (nSPS) is 17.9. The Morgan fingerprint density at radius 1 is 1.24 bits per heavy atom. The molecule has 178 valence electrons. The van der Waals surface area contributed by atoms with Crippen LogP contribution < -0.4 is 15.0 Å². The van der Waals surface area contributed by atoms with Crippen molar-refractivity contribution >= 4 is 34.2 Å². The van der Waals surface area contributed by atoms with Crippen LogP contribution in [0.1, 0.15) is 18.4 Å². The van der Waals surface area contributed by atoms with Gasteiger partial charge >= 0.3 is 6.09 Å². The van der Waals surface area contributed by atoms with Crippen LogP contribution in [-0.4, -0.2) is 65.5 Å². The second-order valence-electron chi connectivity index (χ2n) is 8.90. The van der Waals surface area contributed by atoms with Crippen molar-refractivity contribution in [1.82, 2.24) is 14.9 Å². The molecule has 0 radical (unpaired) electrons. The molecular weight excluding hydrogens is 441 g/mol. The number of piperidine rings is 1. The largest absolute Gasteiger partial charge is 0.508 e. The first kappa shape index (κ1) is 22.1. The lowest BCUT2D eigenvalue weighted by Crippen LogP contribution is -2.45. The van der Waals surface area contributed by atoms with Gasteiger partial charge in [-0.1, -0.05) is 0 Å². The van der Waals surface area contributed by atoms with Crippen molar-refractivity contribution < 1.29 is 23.8 Å². The molecule has 0 aliphatic carbocycles. The number of aromatic hydroxyl groups is 1. The van der Waals surface area contributed by atoms with E-state index in [1.54, 1.807) is 17.0 Å². The van der Waals surface area contributed by atoms with Crippen LogP contribution in [0.5, 0.6) is 11.5 Å². The van der Waals surface area contributed by atoms with Crippen molar-refractivity contribution in [3.63, 3.8) is 0 Å². The first-order valence-electron chi connectivity index (χ1n) is 11.1. The number of anilines is 3. The van der Waals surface area contributed by atoms with Crippen LogP contribution in [0.2, 0.25) is 0 Å². The standard InChI is InChI=1S/C24H26FN5O4/c1-14-19(31)5-4-16(21(14)25)28-22-15-10-18(20(33-3)11-17(15)26-13-27-22)30-12-24(34-23(30)32)6-8-29(2)9-7-24/h4-5,10-11,13,31H,6-9,12H2,1-3H3,(H,26,27,28). The highest BCUT2D eigenvalue weighted by Gasteiger charge is 2.47. The van der Waals surface area contributed by atoms with E-state index >= 15 is 0 Å². The minimum absolute atomic E-state index is 0.127. The van der Waals surface area contributed by atoms with Gasteiger partial charge in [-0.25, -0.2) is 19.2 Å². The Hall–Kier alpha value is -3.66. The molecular formula is C24H26FN5O4. The Morgan fingerprint density at radius 2 is 2.00 bits per heavy atom. The zero-order valence-electron chi connectivity index (χ0n) is 19.3. The molecule has 3 aromatic rings. The summed E-state index contributed by atoms with van der Waals surface area (Å²) in [5.41, 5.74) is 0.879. The van der Waals surface area contributed by atoms with Crippen LogP contribution >= 0.6 is 0 Å². The molecule has 9 nitrogen and oxygen atoms in total. The number of likely N-dealkylation sites (tertiary alicyclic amines) is 1. The summed E-state index contributed by atoms with van der Waals surface area (Å²) in [4.78, 5) is 25.4. The van der Waals surface area contributed by atoms with Crippen molar-refractivity contribution in [2.45, 2.75) is 25.4 Å². The Labute approximate surface area is 196 Å². The van der Waals surface area contributed by atoms with E-state index in [1.165, 1.54) is 32.5 Å². The first-order valence-corrected chi connectivity index (χ1v) is 11.1. The molecule has 2 aliphatic rings. The number of hydrogen-bond acceptors (Lipinski definition) is 8. The van der Waals surface area contributed by atoms with Crippen molar-refractivity contribution in [3.05, 3.63) is 42.0 Å². The van der Waals surface area contributed by atoms with Crippen molar-refractivity contribution in [2.24, 2.45) is 0 Å². The fourth-order valence-corrected chi connectivity index (χ4v) is 4.54. The molecule has 2 aliphatic heterocycles. The molecule has 2 aromatic carbocycles. The average molecular weight is 468 g/mol. The minimum Gasteiger partial charge on any atom is -0.508 e. The molecule has 5 rings (SSSR count). The van der Waals surface area contributed by atoms with E-state index in [0.29, 0.717) is 34.7 Å². The number of hydrogen-bond donors (Lipinski definition) is 2. The summed E-state index contributed by atoms with van der Waals surface area (Å²) in [6.07, 6.45) is 2.47. The fraction of sp³-hybridized carbons (Fsp3) is 0.375. The van der Waals surface area contributed by atoms with E-state index in [-0.39, 0.29) is 17.0 Å². The molecule has 2 fully saturated rings. The van der Waals surface area contributed by atoms with Gasteiger partial charge in [-0.2, -0.15) is 0 Å². The molecule has 3 heterocycles. The predicted octanol–water partition coefficient (Wildman–Crippen LogP) is 3.96. The fourth-order valence-electron chi connectivity index (χ4n) is 4.54. The van der Waals surface area contributed by atoms with Gasteiger partial charge in [-0.05, 0) is 32.2 Å². The van der Waals surface area contributed by atoms with Crippen LogP contribution in [0.15, 0.2) is 30.6 Å². The number of halogens is 1. The molecule has 34 heavy (non-hydrogen) atoms. The van der Waals surface area contributed by atoms with Gasteiger partial charge in [0, 0.05) is 42.9 Å². The quantitative estimate of drug-likeness (QED) is 0.557. The zero-order chi connectivity index (χ0) is 24.0. The maximum absolute atomic E-state index is 14.7. The Bertz CT molecular complexity index is 1280. The van der Waals surface area contributed by atoms with Crippen molar-refractivity contribution in [1.29, 1.82) is 0 Å². The highest BCUT2D eigenvalue weighted by molar-refractivity contribution is 6.00. The molecule has 0 bridgehead atoms. The lowest BCUT2D eigenvalue weighted by atomic mass is 9.91. The summed E-state index contributed by atoms with van der Waals surface area (Å²) in [5.74, 6) is 0.135. The van der Waals surface area contributed by atoms with E-state index in [4.69, 9.17) is 9.47 Å². The highest BCUT2D eigenvalue weighted by Crippen LogP contribution is 2.41. The number of nitrogens with zero attached hydrogens (tertiary/aromatic N) is 4. The third-order valence-corrected chi connectivity index (χ3v) is 6.71. The summed E-state index contributed by atoms with van der Waals surface area (Å²) in [6, 6.07) is 6.34. The van der Waals surface area contributed by atoms with Gasteiger partial charge in [0.2, 0.25) is 0 Å². The van der Waals surface area contributed by atoms with E-state index < -0.39 is 17.5 Å². The lowest BCUT2D eigenvalue weighted by molar-refractivity contribution is 0.00678. The van der Waals surface area contributed by atoms with Gasteiger partial charge < -0.3 is 24.8 Å². The van der Waals surface area contributed by atoms with Crippen LogP contribution in [-0.2, 0) is 4.74 Å². The van der Waals surface area contributed by atoms with Gasteiger partial charge in [0.05, 0.1) is 30.5 Å². The number of amides is 1. The van der Waals surface area contributed by atoms with E-state index in [2.05, 4.69) is 27.2 Å². The van der Waals surface area contributed by atoms with Crippen LogP contribution in [0.4, 0.5) is 26.4 Å². The molecule has 1 amide bonds. The summed E-state index contributed by atoms with van der Waals surface area (Å²) >= 11 is 0. The minimum atomic E-state index is -0.576. The van der Waals surface area contributed by atoms with Gasteiger partial charge in [-0.3, -0.25) is 4.90 Å². The van der Waals surface area contributed by atoms with Crippen LogP contribution in [0.25, 0.3) is 10.9 Å². The number of aromatic nitrogens is 2. The summed E-state index contributed by atoms with van der Waals surface area (Å²) < 4.78 is 26.2. The number of benzene rings is 2. The first-order chi connectivity index (χ1) is 16.3. The molecule has 1 spiro atoms. The number of methoxy groups -OCH3 is 1. The number of phenolic OH excluding ortho intramolecular Hbond substituents is 1.